The van der Waals surface area contributed by atoms with Crippen LogP contribution >= 0.6 is 11.3 Å². The number of nitrogens with zero attached hydrogens (tertiary/aromatic N) is 2. The molecule has 3 aromatic heterocycles. The van der Waals surface area contributed by atoms with Crippen molar-refractivity contribution in [1.29, 1.82) is 0 Å². The minimum atomic E-state index is -0.929. The lowest BCUT2D eigenvalue weighted by atomic mass is 10.1. The fourth-order valence-electron chi connectivity index (χ4n) is 2.73. The van der Waals surface area contributed by atoms with Gasteiger partial charge in [0.1, 0.15) is 4.88 Å². The minimum Gasteiger partial charge on any atom is -0.477 e. The van der Waals surface area contributed by atoms with Crippen LogP contribution in [0.15, 0.2) is 66.2 Å². The highest BCUT2D eigenvalue weighted by Crippen LogP contribution is 2.27. The number of anilines is 1. The molecule has 0 saturated heterocycles. The van der Waals surface area contributed by atoms with Crippen LogP contribution in [0.1, 0.15) is 15.4 Å². The third-order valence-electron chi connectivity index (χ3n) is 4.03. The molecule has 0 bridgehead atoms. The third kappa shape index (κ3) is 3.27. The van der Waals surface area contributed by atoms with Crippen LogP contribution in [0.5, 0.6) is 0 Å². The fourth-order valence-corrected chi connectivity index (χ4v) is 3.47. The SMILES string of the molecule is O=C(O)c1sccc1-c1ccc(NCc2ccc3ccccc3n2)cn1. The van der Waals surface area contributed by atoms with Gasteiger partial charge in [-0.2, -0.15) is 0 Å². The van der Waals surface area contributed by atoms with Gasteiger partial charge in [0.25, 0.3) is 0 Å². The number of carboxylic acids is 1. The van der Waals surface area contributed by atoms with Gasteiger partial charge in [-0.15, -0.1) is 11.3 Å². The quantitative estimate of drug-likeness (QED) is 0.540. The van der Waals surface area contributed by atoms with Crippen molar-refractivity contribution in [3.63, 3.8) is 0 Å². The Morgan fingerprint density at radius 1 is 1.08 bits per heavy atom. The second kappa shape index (κ2) is 6.93. The molecule has 0 aliphatic rings. The average Bonchev–Trinajstić information content (AvgIpc) is 3.17. The third-order valence-corrected chi connectivity index (χ3v) is 4.93. The molecule has 5 nitrogen and oxygen atoms in total. The van der Waals surface area contributed by atoms with Crippen molar-refractivity contribution in [1.82, 2.24) is 9.97 Å². The number of rotatable bonds is 5. The number of hydrogen-bond donors (Lipinski definition) is 2. The molecular formula is C20H15N3O2S. The van der Waals surface area contributed by atoms with E-state index in [-0.39, 0.29) is 0 Å². The summed E-state index contributed by atoms with van der Waals surface area (Å²) in [5.74, 6) is -0.929. The molecule has 0 amide bonds. The number of nitrogens with one attached hydrogen (secondary N) is 1. The summed E-state index contributed by atoms with van der Waals surface area (Å²) in [6.07, 6.45) is 1.71. The predicted octanol–water partition coefficient (Wildman–Crippen LogP) is 4.67. The molecule has 4 rings (SSSR count). The van der Waals surface area contributed by atoms with Crippen LogP contribution in [-0.2, 0) is 6.54 Å². The van der Waals surface area contributed by atoms with Crippen molar-refractivity contribution in [3.05, 3.63) is 76.7 Å². The number of carboxylic acid groups (broad SMARTS) is 1. The summed E-state index contributed by atoms with van der Waals surface area (Å²) >= 11 is 1.20. The molecule has 128 valence electrons. The van der Waals surface area contributed by atoms with Crippen molar-refractivity contribution >= 4 is 33.9 Å². The Bertz CT molecular complexity index is 1070. The summed E-state index contributed by atoms with van der Waals surface area (Å²) in [6, 6.07) is 17.6. The average molecular weight is 361 g/mol. The van der Waals surface area contributed by atoms with E-state index < -0.39 is 5.97 Å². The molecule has 0 atom stereocenters. The van der Waals surface area contributed by atoms with E-state index in [1.807, 2.05) is 42.5 Å². The highest BCUT2D eigenvalue weighted by atomic mass is 32.1. The summed E-state index contributed by atoms with van der Waals surface area (Å²) in [5.41, 5.74) is 4.07. The van der Waals surface area contributed by atoms with E-state index in [0.717, 1.165) is 22.3 Å². The normalized spacial score (nSPS) is 10.8. The number of aromatic carboxylic acids is 1. The number of fused-ring (bicyclic) bond motifs is 1. The summed E-state index contributed by atoms with van der Waals surface area (Å²) < 4.78 is 0. The largest absolute Gasteiger partial charge is 0.477 e. The number of carbonyl (C=O) groups is 1. The molecule has 2 N–H and O–H groups in total. The lowest BCUT2D eigenvalue weighted by molar-refractivity contribution is 0.0703. The molecule has 0 spiro atoms. The van der Waals surface area contributed by atoms with Gasteiger partial charge in [0, 0.05) is 10.9 Å². The van der Waals surface area contributed by atoms with Crippen LogP contribution in [0.3, 0.4) is 0 Å². The maximum absolute atomic E-state index is 11.2. The van der Waals surface area contributed by atoms with Gasteiger partial charge in [0.05, 0.1) is 35.3 Å². The van der Waals surface area contributed by atoms with Crippen LogP contribution in [0.2, 0.25) is 0 Å². The Morgan fingerprint density at radius 2 is 1.96 bits per heavy atom. The molecule has 0 radical (unpaired) electrons. The molecule has 0 fully saturated rings. The van der Waals surface area contributed by atoms with E-state index in [2.05, 4.69) is 21.4 Å². The standard InChI is InChI=1S/C20H15N3O2S/c24-20(25)19-16(9-10-26-19)18-8-7-14(11-22-18)21-12-15-6-5-13-3-1-2-4-17(13)23-15/h1-11,21H,12H2,(H,24,25). The smallest absolute Gasteiger partial charge is 0.346 e. The topological polar surface area (TPSA) is 75.1 Å². The molecule has 1 aromatic carbocycles. The van der Waals surface area contributed by atoms with E-state index in [4.69, 9.17) is 0 Å². The first-order chi connectivity index (χ1) is 12.7. The highest BCUT2D eigenvalue weighted by Gasteiger charge is 2.14. The molecule has 26 heavy (non-hydrogen) atoms. The summed E-state index contributed by atoms with van der Waals surface area (Å²) in [6.45, 7) is 0.588. The van der Waals surface area contributed by atoms with Crippen LogP contribution in [0, 0.1) is 0 Å². The number of benzene rings is 1. The van der Waals surface area contributed by atoms with E-state index in [1.165, 1.54) is 11.3 Å². The number of aromatic nitrogens is 2. The maximum Gasteiger partial charge on any atom is 0.346 e. The second-order valence-corrected chi connectivity index (χ2v) is 6.67. The number of thiophene rings is 1. The van der Waals surface area contributed by atoms with Crippen molar-refractivity contribution < 1.29 is 9.90 Å². The Morgan fingerprint density at radius 3 is 2.77 bits per heavy atom. The van der Waals surface area contributed by atoms with Gasteiger partial charge in [0.15, 0.2) is 0 Å². The van der Waals surface area contributed by atoms with Gasteiger partial charge in [-0.3, -0.25) is 9.97 Å². The zero-order valence-corrected chi connectivity index (χ0v) is 14.5. The Balaban J connectivity index is 1.48. The molecule has 6 heteroatoms. The molecular weight excluding hydrogens is 346 g/mol. The molecule has 0 aliphatic heterocycles. The lowest BCUT2D eigenvalue weighted by Gasteiger charge is -2.08. The Kier molecular flexibility index (Phi) is 4.33. The van der Waals surface area contributed by atoms with Gasteiger partial charge in [-0.1, -0.05) is 24.3 Å². The van der Waals surface area contributed by atoms with E-state index in [9.17, 15) is 9.90 Å². The molecule has 4 aromatic rings. The molecule has 3 heterocycles. The van der Waals surface area contributed by atoms with Crippen LogP contribution in [0.25, 0.3) is 22.2 Å². The van der Waals surface area contributed by atoms with Crippen molar-refractivity contribution in [2.24, 2.45) is 0 Å². The summed E-state index contributed by atoms with van der Waals surface area (Å²) in [7, 11) is 0. The zero-order valence-electron chi connectivity index (χ0n) is 13.7. The molecule has 0 saturated carbocycles. The first kappa shape index (κ1) is 16.2. The van der Waals surface area contributed by atoms with Gasteiger partial charge >= 0.3 is 5.97 Å². The van der Waals surface area contributed by atoms with Gasteiger partial charge in [0.2, 0.25) is 0 Å². The fraction of sp³-hybridized carbons (Fsp3) is 0.0500. The van der Waals surface area contributed by atoms with Gasteiger partial charge in [-0.05, 0) is 35.7 Å². The second-order valence-electron chi connectivity index (χ2n) is 5.75. The van der Waals surface area contributed by atoms with Crippen molar-refractivity contribution in [3.8, 4) is 11.3 Å². The molecule has 0 aliphatic carbocycles. The number of pyridine rings is 2. The monoisotopic (exact) mass is 361 g/mol. The van der Waals surface area contributed by atoms with Crippen LogP contribution in [-0.4, -0.2) is 21.0 Å². The number of hydrogen-bond acceptors (Lipinski definition) is 5. The van der Waals surface area contributed by atoms with Crippen molar-refractivity contribution in [2.45, 2.75) is 6.54 Å². The summed E-state index contributed by atoms with van der Waals surface area (Å²) in [5, 5.41) is 15.4. The Labute approximate surface area is 154 Å². The van der Waals surface area contributed by atoms with E-state index in [0.29, 0.717) is 22.7 Å². The first-order valence-corrected chi connectivity index (χ1v) is 8.94. The molecule has 0 unspecified atom stereocenters. The van der Waals surface area contributed by atoms with Crippen molar-refractivity contribution in [2.75, 3.05) is 5.32 Å². The first-order valence-electron chi connectivity index (χ1n) is 8.06. The van der Waals surface area contributed by atoms with Crippen LogP contribution in [0.4, 0.5) is 5.69 Å². The number of para-hydroxylation sites is 1. The minimum absolute atomic E-state index is 0.304. The van der Waals surface area contributed by atoms with E-state index >= 15 is 0 Å². The zero-order chi connectivity index (χ0) is 17.9. The summed E-state index contributed by atoms with van der Waals surface area (Å²) in [4.78, 5) is 20.6. The lowest BCUT2D eigenvalue weighted by Crippen LogP contribution is -2.02. The van der Waals surface area contributed by atoms with Crippen LogP contribution < -0.4 is 5.32 Å². The maximum atomic E-state index is 11.2. The Hall–Kier alpha value is -3.25. The van der Waals surface area contributed by atoms with Gasteiger partial charge in [-0.25, -0.2) is 4.79 Å². The van der Waals surface area contributed by atoms with Gasteiger partial charge < -0.3 is 10.4 Å². The van der Waals surface area contributed by atoms with E-state index in [1.54, 1.807) is 17.6 Å². The predicted molar refractivity (Wildman–Crippen MR) is 104 cm³/mol. The highest BCUT2D eigenvalue weighted by molar-refractivity contribution is 7.12.